The maximum atomic E-state index is 12.5. The maximum absolute atomic E-state index is 12.5. The van der Waals surface area contributed by atoms with Gasteiger partial charge in [0.05, 0.1) is 0 Å². The van der Waals surface area contributed by atoms with Crippen LogP contribution in [0.4, 0.5) is 0 Å². The third-order valence-electron chi connectivity index (χ3n) is 4.51. The van der Waals surface area contributed by atoms with Gasteiger partial charge in [0.15, 0.2) is 6.10 Å². The molecule has 0 aliphatic carbocycles. The van der Waals surface area contributed by atoms with Gasteiger partial charge in [0.2, 0.25) is 0 Å². The van der Waals surface area contributed by atoms with E-state index in [9.17, 15) is 4.79 Å². The number of nitrogens with zero attached hydrogens (tertiary/aromatic N) is 2. The van der Waals surface area contributed by atoms with E-state index in [0.717, 1.165) is 31.9 Å². The summed E-state index contributed by atoms with van der Waals surface area (Å²) in [5.41, 5.74) is 1.23. The zero-order valence-electron chi connectivity index (χ0n) is 14.9. The molecule has 0 spiro atoms. The smallest absolute Gasteiger partial charge is 0.263 e. The molecule has 4 nitrogen and oxygen atoms in total. The van der Waals surface area contributed by atoms with Crippen molar-refractivity contribution in [2.75, 3.05) is 33.2 Å². The molecule has 1 aliphatic rings. The lowest BCUT2D eigenvalue weighted by atomic mass is 10.0. The summed E-state index contributed by atoms with van der Waals surface area (Å²) in [4.78, 5) is 16.7. The molecule has 0 N–H and O–H groups in total. The number of rotatable bonds is 7. The van der Waals surface area contributed by atoms with E-state index in [1.54, 1.807) is 4.90 Å². The molecule has 0 aromatic heterocycles. The molecule has 1 aromatic carbocycles. The minimum atomic E-state index is -0.457. The lowest BCUT2D eigenvalue weighted by Gasteiger charge is -2.24. The fourth-order valence-electron chi connectivity index (χ4n) is 2.92. The molecule has 1 amide bonds. The largest absolute Gasteiger partial charge is 0.481 e. The van der Waals surface area contributed by atoms with Gasteiger partial charge in [-0.3, -0.25) is 4.79 Å². The highest BCUT2D eigenvalue weighted by molar-refractivity contribution is 5.80. The molecule has 1 aliphatic heterocycles. The predicted octanol–water partition coefficient (Wildman–Crippen LogP) is 3.13. The van der Waals surface area contributed by atoms with E-state index >= 15 is 0 Å². The first-order chi connectivity index (χ1) is 11.0. The Kier molecular flexibility index (Phi) is 6.46. The van der Waals surface area contributed by atoms with Crippen LogP contribution in [0.1, 0.15) is 45.1 Å². The topological polar surface area (TPSA) is 32.8 Å². The van der Waals surface area contributed by atoms with E-state index in [1.165, 1.54) is 18.4 Å². The van der Waals surface area contributed by atoms with Gasteiger partial charge < -0.3 is 14.5 Å². The summed E-state index contributed by atoms with van der Waals surface area (Å²) in [5.74, 6) is 1.26. The molecule has 128 valence electrons. The Hall–Kier alpha value is -1.55. The van der Waals surface area contributed by atoms with Crippen LogP contribution < -0.4 is 4.74 Å². The van der Waals surface area contributed by atoms with E-state index in [1.807, 2.05) is 32.2 Å². The zero-order chi connectivity index (χ0) is 16.8. The molecule has 2 rings (SSSR count). The van der Waals surface area contributed by atoms with E-state index in [2.05, 4.69) is 24.8 Å². The van der Waals surface area contributed by atoms with Crippen molar-refractivity contribution in [1.29, 1.82) is 0 Å². The van der Waals surface area contributed by atoms with E-state index in [-0.39, 0.29) is 5.91 Å². The highest BCUT2D eigenvalue weighted by Crippen LogP contribution is 2.21. The number of carbonyl (C=O) groups is 1. The number of hydrogen-bond acceptors (Lipinski definition) is 3. The third kappa shape index (κ3) is 5.24. The maximum Gasteiger partial charge on any atom is 0.263 e. The number of benzene rings is 1. The standard InChI is InChI=1S/C19H30N2O2/c1-15(2)17-8-7-9-18(14-17)23-16(3)19(22)20(4)12-13-21-10-5-6-11-21/h7-9,14-16H,5-6,10-13H2,1-4H3. The summed E-state index contributed by atoms with van der Waals surface area (Å²) in [6, 6.07) is 8.02. The zero-order valence-corrected chi connectivity index (χ0v) is 14.9. The van der Waals surface area contributed by atoms with Gasteiger partial charge in [0, 0.05) is 20.1 Å². The second-order valence-corrected chi connectivity index (χ2v) is 6.80. The summed E-state index contributed by atoms with van der Waals surface area (Å²) >= 11 is 0. The average Bonchev–Trinajstić information content (AvgIpc) is 3.05. The van der Waals surface area contributed by atoms with Crippen molar-refractivity contribution in [3.63, 3.8) is 0 Å². The number of likely N-dealkylation sites (N-methyl/N-ethyl adjacent to an activating group) is 1. The van der Waals surface area contributed by atoms with Crippen LogP contribution in [0.25, 0.3) is 0 Å². The fraction of sp³-hybridized carbons (Fsp3) is 0.632. The second-order valence-electron chi connectivity index (χ2n) is 6.80. The Balaban J connectivity index is 1.84. The van der Waals surface area contributed by atoms with Crippen molar-refractivity contribution in [3.8, 4) is 5.75 Å². The summed E-state index contributed by atoms with van der Waals surface area (Å²) < 4.78 is 5.86. The van der Waals surface area contributed by atoms with Crippen molar-refractivity contribution in [3.05, 3.63) is 29.8 Å². The first kappa shape index (κ1) is 17.8. The molecule has 1 saturated heterocycles. The minimum absolute atomic E-state index is 0.0409. The van der Waals surface area contributed by atoms with Gasteiger partial charge in [0.25, 0.3) is 5.91 Å². The third-order valence-corrected chi connectivity index (χ3v) is 4.51. The number of hydrogen-bond donors (Lipinski definition) is 0. The number of ether oxygens (including phenoxy) is 1. The summed E-state index contributed by atoms with van der Waals surface area (Å²) in [6.45, 7) is 10.2. The van der Waals surface area contributed by atoms with Gasteiger partial charge in [-0.1, -0.05) is 26.0 Å². The van der Waals surface area contributed by atoms with Crippen LogP contribution in [0.5, 0.6) is 5.75 Å². The van der Waals surface area contributed by atoms with Crippen molar-refractivity contribution >= 4 is 5.91 Å². The Bertz CT molecular complexity index is 510. The number of carbonyl (C=O) groups excluding carboxylic acids is 1. The monoisotopic (exact) mass is 318 g/mol. The van der Waals surface area contributed by atoms with Crippen molar-refractivity contribution in [1.82, 2.24) is 9.80 Å². The van der Waals surface area contributed by atoms with E-state index in [4.69, 9.17) is 4.74 Å². The molecule has 1 unspecified atom stereocenters. The molecule has 1 aromatic rings. The molecule has 0 radical (unpaired) electrons. The first-order valence-corrected chi connectivity index (χ1v) is 8.71. The molecule has 0 saturated carbocycles. The van der Waals surface area contributed by atoms with E-state index < -0.39 is 6.10 Å². The molecule has 1 fully saturated rings. The van der Waals surface area contributed by atoms with Crippen LogP contribution in [-0.4, -0.2) is 55.0 Å². The average molecular weight is 318 g/mol. The predicted molar refractivity (Wildman–Crippen MR) is 93.9 cm³/mol. The van der Waals surface area contributed by atoms with Gasteiger partial charge in [0.1, 0.15) is 5.75 Å². The molecular formula is C19H30N2O2. The Morgan fingerprint density at radius 3 is 2.61 bits per heavy atom. The molecule has 4 heteroatoms. The van der Waals surface area contributed by atoms with Crippen molar-refractivity contribution in [2.45, 2.75) is 45.6 Å². The number of amides is 1. The molecular weight excluding hydrogens is 288 g/mol. The van der Waals surface area contributed by atoms with Gasteiger partial charge in [-0.15, -0.1) is 0 Å². The van der Waals surface area contributed by atoms with Crippen LogP contribution in [0.2, 0.25) is 0 Å². The Morgan fingerprint density at radius 2 is 1.96 bits per heavy atom. The lowest BCUT2D eigenvalue weighted by Crippen LogP contribution is -2.41. The Labute approximate surface area is 140 Å². The van der Waals surface area contributed by atoms with Crippen molar-refractivity contribution in [2.24, 2.45) is 0 Å². The minimum Gasteiger partial charge on any atom is -0.481 e. The molecule has 0 bridgehead atoms. The SMILES string of the molecule is CC(Oc1cccc(C(C)C)c1)C(=O)N(C)CCN1CCCC1. The second kappa shape index (κ2) is 8.34. The summed E-state index contributed by atoms with van der Waals surface area (Å²) in [5, 5.41) is 0. The van der Waals surface area contributed by atoms with Gasteiger partial charge in [-0.25, -0.2) is 0 Å². The van der Waals surface area contributed by atoms with Crippen LogP contribution in [0.3, 0.4) is 0 Å². The fourth-order valence-corrected chi connectivity index (χ4v) is 2.92. The normalized spacial score (nSPS) is 16.6. The van der Waals surface area contributed by atoms with Crippen LogP contribution in [0, 0.1) is 0 Å². The van der Waals surface area contributed by atoms with Crippen LogP contribution in [-0.2, 0) is 4.79 Å². The van der Waals surface area contributed by atoms with Gasteiger partial charge in [-0.2, -0.15) is 0 Å². The molecule has 1 heterocycles. The molecule has 1 atom stereocenters. The highest BCUT2D eigenvalue weighted by atomic mass is 16.5. The quantitative estimate of drug-likeness (QED) is 0.774. The lowest BCUT2D eigenvalue weighted by molar-refractivity contribution is -0.136. The Morgan fingerprint density at radius 1 is 1.26 bits per heavy atom. The van der Waals surface area contributed by atoms with Crippen LogP contribution >= 0.6 is 0 Å². The van der Waals surface area contributed by atoms with Gasteiger partial charge >= 0.3 is 0 Å². The van der Waals surface area contributed by atoms with Crippen molar-refractivity contribution < 1.29 is 9.53 Å². The van der Waals surface area contributed by atoms with Gasteiger partial charge in [-0.05, 0) is 56.5 Å². The molecule has 23 heavy (non-hydrogen) atoms. The van der Waals surface area contributed by atoms with Crippen LogP contribution in [0.15, 0.2) is 24.3 Å². The van der Waals surface area contributed by atoms with E-state index in [0.29, 0.717) is 5.92 Å². The summed E-state index contributed by atoms with van der Waals surface area (Å²) in [7, 11) is 1.86. The number of likely N-dealkylation sites (tertiary alicyclic amines) is 1. The highest BCUT2D eigenvalue weighted by Gasteiger charge is 2.20. The first-order valence-electron chi connectivity index (χ1n) is 8.71. The summed E-state index contributed by atoms with van der Waals surface area (Å²) in [6.07, 6.45) is 2.10.